The maximum Gasteiger partial charge on any atom is 0.397 e. The Morgan fingerprint density at radius 3 is 2.12 bits per heavy atom. The van der Waals surface area contributed by atoms with Crippen LogP contribution in [0.3, 0.4) is 0 Å². The summed E-state index contributed by atoms with van der Waals surface area (Å²) in [7, 11) is -4.71. The van der Waals surface area contributed by atoms with Gasteiger partial charge in [0.15, 0.2) is 6.29 Å². The highest BCUT2D eigenvalue weighted by Gasteiger charge is 2.43. The summed E-state index contributed by atoms with van der Waals surface area (Å²) in [4.78, 5) is 0. The molecule has 1 aliphatic heterocycles. The maximum atomic E-state index is 10.2. The normalized spacial score (nSPS) is 40.9. The summed E-state index contributed by atoms with van der Waals surface area (Å²) in [6.07, 6.45) is -8.25. The third-order valence-electron chi connectivity index (χ3n) is 2.07. The van der Waals surface area contributed by atoms with Crippen LogP contribution in [0.25, 0.3) is 0 Å². The van der Waals surface area contributed by atoms with E-state index in [0.717, 1.165) is 0 Å². The van der Waals surface area contributed by atoms with E-state index in [1.54, 1.807) is 0 Å². The van der Waals surface area contributed by atoms with Crippen molar-refractivity contribution in [1.29, 1.82) is 0 Å². The van der Waals surface area contributed by atoms with Crippen molar-refractivity contribution >= 4 is 10.4 Å². The van der Waals surface area contributed by atoms with Crippen molar-refractivity contribution in [2.75, 3.05) is 6.61 Å². The third kappa shape index (κ3) is 3.33. The van der Waals surface area contributed by atoms with Crippen LogP contribution in [0.5, 0.6) is 0 Å². The molecule has 0 spiro atoms. The van der Waals surface area contributed by atoms with Crippen molar-refractivity contribution < 1.29 is 42.3 Å². The van der Waals surface area contributed by atoms with Crippen LogP contribution in [-0.2, 0) is 19.3 Å². The Bertz CT molecular complexity index is 327. The minimum atomic E-state index is -4.71. The van der Waals surface area contributed by atoms with Gasteiger partial charge in [0.1, 0.15) is 24.4 Å². The summed E-state index contributed by atoms with van der Waals surface area (Å²) in [6.45, 7) is -0.805. The van der Waals surface area contributed by atoms with Crippen LogP contribution in [0.15, 0.2) is 0 Å². The number of aliphatic hydroxyl groups excluding tert-OH is 4. The topological polar surface area (TPSA) is 154 Å². The molecule has 1 aliphatic rings. The predicted molar refractivity (Wildman–Crippen MR) is 46.4 cm³/mol. The van der Waals surface area contributed by atoms with Crippen molar-refractivity contribution in [2.45, 2.75) is 30.7 Å². The largest absolute Gasteiger partial charge is 0.397 e. The summed E-state index contributed by atoms with van der Waals surface area (Å²) in [5.74, 6) is 0. The molecule has 1 saturated heterocycles. The molecular weight excluding hydrogens is 248 g/mol. The molecule has 0 saturated carbocycles. The first-order valence-corrected chi connectivity index (χ1v) is 5.58. The second-order valence-electron chi connectivity index (χ2n) is 3.25. The molecular formula is C6H12O9S. The lowest BCUT2D eigenvalue weighted by Crippen LogP contribution is -2.58. The average molecular weight is 260 g/mol. The van der Waals surface area contributed by atoms with E-state index in [0.29, 0.717) is 0 Å². The van der Waals surface area contributed by atoms with Crippen molar-refractivity contribution in [3.63, 3.8) is 0 Å². The smallest absolute Gasteiger partial charge is 0.387 e. The Kier molecular flexibility index (Phi) is 4.20. The van der Waals surface area contributed by atoms with Gasteiger partial charge in [-0.05, 0) is 0 Å². The van der Waals surface area contributed by atoms with Crippen LogP contribution in [-0.4, -0.2) is 70.7 Å². The van der Waals surface area contributed by atoms with E-state index < -0.39 is 47.7 Å². The molecule has 0 bridgehead atoms. The molecule has 0 aromatic carbocycles. The van der Waals surface area contributed by atoms with Gasteiger partial charge >= 0.3 is 10.4 Å². The van der Waals surface area contributed by atoms with E-state index in [1.165, 1.54) is 0 Å². The van der Waals surface area contributed by atoms with Gasteiger partial charge in [-0.1, -0.05) is 0 Å². The van der Waals surface area contributed by atoms with Crippen LogP contribution in [0.4, 0.5) is 0 Å². The van der Waals surface area contributed by atoms with Gasteiger partial charge in [-0.25, -0.2) is 4.18 Å². The Hall–Kier alpha value is -0.330. The highest BCUT2D eigenvalue weighted by Crippen LogP contribution is 2.20. The Balaban J connectivity index is 2.61. The lowest BCUT2D eigenvalue weighted by molar-refractivity contribution is -0.285. The van der Waals surface area contributed by atoms with Gasteiger partial charge in [0.2, 0.25) is 0 Å². The van der Waals surface area contributed by atoms with Gasteiger partial charge in [-0.3, -0.25) is 4.55 Å². The SMILES string of the molecule is O=S(=O)(O)OC[C@H]1O[C@@H](O)[C@H](O)[C@@H](O)[C@@H]1O. The van der Waals surface area contributed by atoms with E-state index in [2.05, 4.69) is 8.92 Å². The second kappa shape index (κ2) is 4.89. The molecule has 16 heavy (non-hydrogen) atoms. The zero-order valence-corrected chi connectivity index (χ0v) is 8.69. The van der Waals surface area contributed by atoms with Crippen molar-refractivity contribution in [3.05, 3.63) is 0 Å². The number of hydrogen-bond donors (Lipinski definition) is 5. The molecule has 0 aromatic rings. The van der Waals surface area contributed by atoms with Crippen LogP contribution >= 0.6 is 0 Å². The summed E-state index contributed by atoms with van der Waals surface area (Å²) in [5.41, 5.74) is 0. The maximum absolute atomic E-state index is 10.2. The Labute approximate surface area is 90.8 Å². The molecule has 96 valence electrons. The molecule has 1 heterocycles. The average Bonchev–Trinajstić information content (AvgIpc) is 2.17. The molecule has 9 nitrogen and oxygen atoms in total. The summed E-state index contributed by atoms with van der Waals surface area (Å²) >= 11 is 0. The van der Waals surface area contributed by atoms with E-state index in [4.69, 9.17) is 14.8 Å². The highest BCUT2D eigenvalue weighted by molar-refractivity contribution is 7.80. The van der Waals surface area contributed by atoms with E-state index >= 15 is 0 Å². The van der Waals surface area contributed by atoms with Gasteiger partial charge in [0.05, 0.1) is 6.61 Å². The zero-order chi connectivity index (χ0) is 12.5. The number of aliphatic hydroxyl groups is 4. The first-order chi connectivity index (χ1) is 7.22. The van der Waals surface area contributed by atoms with Gasteiger partial charge in [0.25, 0.3) is 0 Å². The van der Waals surface area contributed by atoms with Crippen molar-refractivity contribution in [2.24, 2.45) is 0 Å². The van der Waals surface area contributed by atoms with Crippen LogP contribution < -0.4 is 0 Å². The number of hydrogen-bond acceptors (Lipinski definition) is 8. The van der Waals surface area contributed by atoms with E-state index in [1.807, 2.05) is 0 Å². The summed E-state index contributed by atoms with van der Waals surface area (Å²) in [6, 6.07) is 0. The molecule has 10 heteroatoms. The predicted octanol–water partition coefficient (Wildman–Crippen LogP) is -3.39. The molecule has 0 aliphatic carbocycles. The second-order valence-corrected chi connectivity index (χ2v) is 4.34. The van der Waals surface area contributed by atoms with E-state index in [9.17, 15) is 18.6 Å². The molecule has 0 radical (unpaired) electrons. The first kappa shape index (κ1) is 13.7. The Morgan fingerprint density at radius 1 is 1.06 bits per heavy atom. The lowest BCUT2D eigenvalue weighted by Gasteiger charge is -2.37. The molecule has 0 aromatic heterocycles. The van der Waals surface area contributed by atoms with Gasteiger partial charge in [-0.15, -0.1) is 0 Å². The fourth-order valence-corrected chi connectivity index (χ4v) is 1.53. The summed E-state index contributed by atoms with van der Waals surface area (Å²) < 4.78 is 37.2. The van der Waals surface area contributed by atoms with Crippen molar-refractivity contribution in [3.8, 4) is 0 Å². The van der Waals surface area contributed by atoms with Crippen LogP contribution in [0.1, 0.15) is 0 Å². The highest BCUT2D eigenvalue weighted by atomic mass is 32.3. The molecule has 5 atom stereocenters. The minimum Gasteiger partial charge on any atom is -0.387 e. The van der Waals surface area contributed by atoms with Gasteiger partial charge in [-0.2, -0.15) is 8.42 Å². The fourth-order valence-electron chi connectivity index (χ4n) is 1.22. The first-order valence-electron chi connectivity index (χ1n) is 4.22. The van der Waals surface area contributed by atoms with Gasteiger partial charge < -0.3 is 25.2 Å². The number of rotatable bonds is 3. The zero-order valence-electron chi connectivity index (χ0n) is 7.87. The van der Waals surface area contributed by atoms with Crippen molar-refractivity contribution in [1.82, 2.24) is 0 Å². The third-order valence-corrected chi connectivity index (χ3v) is 2.50. The number of ether oxygens (including phenoxy) is 1. The summed E-state index contributed by atoms with van der Waals surface area (Å²) in [5, 5.41) is 36.7. The molecule has 0 amide bonds. The van der Waals surface area contributed by atoms with Crippen LogP contribution in [0, 0.1) is 0 Å². The molecule has 5 N–H and O–H groups in total. The molecule has 1 rings (SSSR count). The fraction of sp³-hybridized carbons (Fsp3) is 1.00. The lowest BCUT2D eigenvalue weighted by atomic mass is 10.00. The molecule has 1 fully saturated rings. The minimum absolute atomic E-state index is 0.805. The Morgan fingerprint density at radius 2 is 1.62 bits per heavy atom. The molecule has 0 unspecified atom stereocenters. The quantitative estimate of drug-likeness (QED) is 0.327. The standard InChI is InChI=1S/C6H12O9S/c7-3-2(1-14-16(11,12)13)15-6(10)5(9)4(3)8/h2-10H,1H2,(H,11,12,13)/t2-,3-,4+,5-,6-/m1/s1. The van der Waals surface area contributed by atoms with Crippen LogP contribution in [0.2, 0.25) is 0 Å². The monoisotopic (exact) mass is 260 g/mol. The van der Waals surface area contributed by atoms with E-state index in [-0.39, 0.29) is 0 Å². The van der Waals surface area contributed by atoms with Gasteiger partial charge in [0, 0.05) is 0 Å².